The van der Waals surface area contributed by atoms with E-state index in [1.54, 1.807) is 36.4 Å². The zero-order valence-corrected chi connectivity index (χ0v) is 19.4. The van der Waals surface area contributed by atoms with E-state index < -0.39 is 16.7 Å². The lowest BCUT2D eigenvalue weighted by molar-refractivity contribution is -0.384. The number of halogens is 1. The highest BCUT2D eigenvalue weighted by Gasteiger charge is 2.18. The molecule has 0 aromatic heterocycles. The Morgan fingerprint density at radius 1 is 1.06 bits per heavy atom. The van der Waals surface area contributed by atoms with Crippen molar-refractivity contribution in [2.75, 3.05) is 12.4 Å². The Balaban J connectivity index is 1.95. The first-order valence-corrected chi connectivity index (χ1v) is 10.5. The standard InChI is InChI=1S/C24H20BrN3O5/c1-15-4-3-5-18(12-15)26-24(30)21(13-16-6-9-19(10-7-16)28(31)32)27-23(29)20-14-17(25)8-11-22(20)33-2/h3-14H,1-2H3,(H,26,30)(H,27,29)/b21-13-. The van der Waals surface area contributed by atoms with Gasteiger partial charge in [0.05, 0.1) is 17.6 Å². The maximum absolute atomic E-state index is 13.0. The maximum Gasteiger partial charge on any atom is 0.272 e. The van der Waals surface area contributed by atoms with E-state index in [1.165, 1.54) is 37.5 Å². The van der Waals surface area contributed by atoms with E-state index in [0.29, 0.717) is 21.5 Å². The van der Waals surface area contributed by atoms with Gasteiger partial charge >= 0.3 is 0 Å². The second-order valence-corrected chi connectivity index (χ2v) is 7.94. The first-order chi connectivity index (χ1) is 15.8. The van der Waals surface area contributed by atoms with Gasteiger partial charge in [0.25, 0.3) is 17.5 Å². The van der Waals surface area contributed by atoms with E-state index >= 15 is 0 Å². The number of methoxy groups -OCH3 is 1. The highest BCUT2D eigenvalue weighted by molar-refractivity contribution is 9.10. The molecule has 0 aliphatic heterocycles. The van der Waals surface area contributed by atoms with Crippen LogP contribution in [-0.4, -0.2) is 23.8 Å². The van der Waals surface area contributed by atoms with Gasteiger partial charge < -0.3 is 15.4 Å². The molecule has 9 heteroatoms. The summed E-state index contributed by atoms with van der Waals surface area (Å²) in [7, 11) is 1.44. The summed E-state index contributed by atoms with van der Waals surface area (Å²) in [6.07, 6.45) is 1.44. The number of anilines is 1. The summed E-state index contributed by atoms with van der Waals surface area (Å²) in [4.78, 5) is 36.5. The number of nitro groups is 1. The number of nitrogens with zero attached hydrogens (tertiary/aromatic N) is 1. The Bertz CT molecular complexity index is 1240. The summed E-state index contributed by atoms with van der Waals surface area (Å²) in [5.74, 6) is -0.772. The third-order valence-corrected chi connectivity index (χ3v) is 5.08. The molecule has 0 aliphatic rings. The van der Waals surface area contributed by atoms with Gasteiger partial charge in [-0.2, -0.15) is 0 Å². The van der Waals surface area contributed by atoms with Crippen molar-refractivity contribution >= 4 is 45.2 Å². The van der Waals surface area contributed by atoms with Crippen LogP contribution in [0.25, 0.3) is 6.08 Å². The molecule has 3 rings (SSSR count). The van der Waals surface area contributed by atoms with Gasteiger partial charge in [0.15, 0.2) is 0 Å². The molecule has 0 heterocycles. The molecule has 0 saturated carbocycles. The molecule has 0 unspecified atom stereocenters. The fraction of sp³-hybridized carbons (Fsp3) is 0.0833. The van der Waals surface area contributed by atoms with Crippen LogP contribution in [0.1, 0.15) is 21.5 Å². The number of aryl methyl sites for hydroxylation is 1. The summed E-state index contributed by atoms with van der Waals surface area (Å²) in [5.41, 5.74) is 2.11. The number of carbonyl (C=O) groups excluding carboxylic acids is 2. The van der Waals surface area contributed by atoms with Crippen molar-refractivity contribution in [3.8, 4) is 5.75 Å². The second kappa shape index (κ2) is 10.6. The summed E-state index contributed by atoms with van der Waals surface area (Å²) < 4.78 is 5.93. The Morgan fingerprint density at radius 3 is 2.42 bits per heavy atom. The molecule has 3 aromatic carbocycles. The molecule has 2 amide bonds. The lowest BCUT2D eigenvalue weighted by Gasteiger charge is -2.13. The van der Waals surface area contributed by atoms with E-state index in [0.717, 1.165) is 5.56 Å². The number of non-ortho nitro benzene ring substituents is 1. The highest BCUT2D eigenvalue weighted by Crippen LogP contribution is 2.23. The molecule has 3 aromatic rings. The van der Waals surface area contributed by atoms with Crippen LogP contribution in [0.5, 0.6) is 5.75 Å². The molecule has 0 aliphatic carbocycles. The molecule has 0 spiro atoms. The van der Waals surface area contributed by atoms with Crippen LogP contribution >= 0.6 is 15.9 Å². The second-order valence-electron chi connectivity index (χ2n) is 7.03. The Morgan fingerprint density at radius 2 is 1.79 bits per heavy atom. The third-order valence-electron chi connectivity index (χ3n) is 4.59. The monoisotopic (exact) mass is 509 g/mol. The van der Waals surface area contributed by atoms with Crippen molar-refractivity contribution in [3.63, 3.8) is 0 Å². The van der Waals surface area contributed by atoms with Gasteiger partial charge in [0.2, 0.25) is 0 Å². The highest BCUT2D eigenvalue weighted by atomic mass is 79.9. The summed E-state index contributed by atoms with van der Waals surface area (Å²) in [6.45, 7) is 1.89. The fourth-order valence-electron chi connectivity index (χ4n) is 2.99. The fourth-order valence-corrected chi connectivity index (χ4v) is 3.35. The molecule has 33 heavy (non-hydrogen) atoms. The Hall–Kier alpha value is -3.98. The number of rotatable bonds is 7. The number of hydrogen-bond acceptors (Lipinski definition) is 5. The predicted molar refractivity (Wildman–Crippen MR) is 129 cm³/mol. The number of hydrogen-bond donors (Lipinski definition) is 2. The Kier molecular flexibility index (Phi) is 7.57. The lowest BCUT2D eigenvalue weighted by Crippen LogP contribution is -2.31. The molecule has 0 bridgehead atoms. The van der Waals surface area contributed by atoms with Crippen LogP contribution < -0.4 is 15.4 Å². The van der Waals surface area contributed by atoms with Crippen LogP contribution in [0.15, 0.2) is 76.9 Å². The van der Waals surface area contributed by atoms with Gasteiger partial charge in [-0.05, 0) is 66.6 Å². The van der Waals surface area contributed by atoms with Crippen molar-refractivity contribution in [3.05, 3.63) is 104 Å². The van der Waals surface area contributed by atoms with Crippen molar-refractivity contribution in [2.45, 2.75) is 6.92 Å². The number of ether oxygens (including phenoxy) is 1. The van der Waals surface area contributed by atoms with Gasteiger partial charge in [0, 0.05) is 22.3 Å². The van der Waals surface area contributed by atoms with Gasteiger partial charge in [-0.25, -0.2) is 0 Å². The van der Waals surface area contributed by atoms with Gasteiger partial charge in [-0.15, -0.1) is 0 Å². The van der Waals surface area contributed by atoms with Crippen LogP contribution in [0.2, 0.25) is 0 Å². The molecule has 0 atom stereocenters. The number of carbonyl (C=O) groups is 2. The van der Waals surface area contributed by atoms with Gasteiger partial charge in [-0.1, -0.05) is 28.1 Å². The molecule has 2 N–H and O–H groups in total. The average Bonchev–Trinajstić information content (AvgIpc) is 2.78. The zero-order valence-electron chi connectivity index (χ0n) is 17.8. The molecular formula is C24H20BrN3O5. The predicted octanol–water partition coefficient (Wildman–Crippen LogP) is 5.08. The average molecular weight is 510 g/mol. The molecule has 0 fully saturated rings. The number of nitro benzene ring substituents is 1. The normalized spacial score (nSPS) is 10.9. The minimum Gasteiger partial charge on any atom is -0.496 e. The van der Waals surface area contributed by atoms with Crippen molar-refractivity contribution < 1.29 is 19.2 Å². The number of nitrogens with one attached hydrogen (secondary N) is 2. The summed E-state index contributed by atoms with van der Waals surface area (Å²) in [5, 5.41) is 16.3. The summed E-state index contributed by atoms with van der Waals surface area (Å²) >= 11 is 3.33. The summed E-state index contributed by atoms with van der Waals surface area (Å²) in [6, 6.07) is 17.8. The van der Waals surface area contributed by atoms with Crippen LogP contribution in [0.3, 0.4) is 0 Å². The van der Waals surface area contributed by atoms with Crippen molar-refractivity contribution in [1.29, 1.82) is 0 Å². The molecule has 8 nitrogen and oxygen atoms in total. The van der Waals surface area contributed by atoms with E-state index in [4.69, 9.17) is 4.74 Å². The van der Waals surface area contributed by atoms with Gasteiger partial charge in [-0.3, -0.25) is 19.7 Å². The van der Waals surface area contributed by atoms with E-state index in [1.807, 2.05) is 13.0 Å². The topological polar surface area (TPSA) is 111 Å². The first kappa shape index (κ1) is 23.7. The van der Waals surface area contributed by atoms with Crippen molar-refractivity contribution in [1.82, 2.24) is 5.32 Å². The number of benzene rings is 3. The molecule has 0 radical (unpaired) electrons. The van der Waals surface area contributed by atoms with Gasteiger partial charge in [0.1, 0.15) is 11.4 Å². The SMILES string of the molecule is COc1ccc(Br)cc1C(=O)N/C(=C\c1ccc([N+](=O)[O-])cc1)C(=O)Nc1cccc(C)c1. The van der Waals surface area contributed by atoms with Crippen LogP contribution in [0.4, 0.5) is 11.4 Å². The lowest BCUT2D eigenvalue weighted by atomic mass is 10.1. The molecule has 0 saturated heterocycles. The minimum absolute atomic E-state index is 0.0441. The van der Waals surface area contributed by atoms with Crippen molar-refractivity contribution in [2.24, 2.45) is 0 Å². The number of amides is 2. The van der Waals surface area contributed by atoms with E-state index in [-0.39, 0.29) is 16.9 Å². The van der Waals surface area contributed by atoms with E-state index in [2.05, 4.69) is 26.6 Å². The minimum atomic E-state index is -0.555. The molecular weight excluding hydrogens is 490 g/mol. The largest absolute Gasteiger partial charge is 0.496 e. The van der Waals surface area contributed by atoms with E-state index in [9.17, 15) is 19.7 Å². The Labute approximate surface area is 198 Å². The quantitative estimate of drug-likeness (QED) is 0.262. The molecule has 168 valence electrons. The maximum atomic E-state index is 13.0. The van der Waals surface area contributed by atoms with Crippen LogP contribution in [0, 0.1) is 17.0 Å². The first-order valence-electron chi connectivity index (χ1n) is 9.76. The third kappa shape index (κ3) is 6.27. The van der Waals surface area contributed by atoms with Crippen LogP contribution in [-0.2, 0) is 4.79 Å². The smallest absolute Gasteiger partial charge is 0.272 e. The zero-order chi connectivity index (χ0) is 24.0.